The SMILES string of the molecule is COc1ccccc1NC(=O)[C@@H](CCSC)N1C(=O)[C@H]2CCCC[C@H]2C1=O. The summed E-state index contributed by atoms with van der Waals surface area (Å²) in [6.45, 7) is 0. The Labute approximate surface area is 164 Å². The number of likely N-dealkylation sites (tertiary alicyclic amines) is 1. The molecule has 146 valence electrons. The molecule has 7 heteroatoms. The number of carbonyl (C=O) groups is 3. The van der Waals surface area contributed by atoms with Crippen molar-refractivity contribution in [2.24, 2.45) is 11.8 Å². The van der Waals surface area contributed by atoms with Crippen LogP contribution in [0.1, 0.15) is 32.1 Å². The van der Waals surface area contributed by atoms with Gasteiger partial charge in [-0.3, -0.25) is 19.3 Å². The second-order valence-corrected chi connectivity index (χ2v) is 8.02. The fraction of sp³-hybridized carbons (Fsp3) is 0.550. The van der Waals surface area contributed by atoms with Crippen LogP contribution in [0, 0.1) is 11.8 Å². The number of thioether (sulfide) groups is 1. The minimum absolute atomic E-state index is 0.175. The number of ether oxygens (including phenoxy) is 1. The monoisotopic (exact) mass is 390 g/mol. The Morgan fingerprint density at radius 1 is 1.22 bits per heavy atom. The van der Waals surface area contributed by atoms with Crippen LogP contribution in [0.25, 0.3) is 0 Å². The normalized spacial score (nSPS) is 23.1. The van der Waals surface area contributed by atoms with E-state index in [0.29, 0.717) is 23.6 Å². The van der Waals surface area contributed by atoms with E-state index in [1.807, 2.05) is 12.3 Å². The van der Waals surface area contributed by atoms with E-state index >= 15 is 0 Å². The van der Waals surface area contributed by atoms with Gasteiger partial charge in [-0.15, -0.1) is 0 Å². The van der Waals surface area contributed by atoms with Gasteiger partial charge in [0.1, 0.15) is 11.8 Å². The second kappa shape index (κ2) is 8.78. The Morgan fingerprint density at radius 3 is 2.44 bits per heavy atom. The molecule has 1 aromatic carbocycles. The molecular formula is C20H26N2O4S. The first-order valence-electron chi connectivity index (χ1n) is 9.38. The molecule has 1 heterocycles. The quantitative estimate of drug-likeness (QED) is 0.725. The molecule has 1 aromatic rings. The van der Waals surface area contributed by atoms with Gasteiger partial charge in [-0.1, -0.05) is 25.0 Å². The number of rotatable bonds is 7. The van der Waals surface area contributed by atoms with Crippen LogP contribution in [0.15, 0.2) is 24.3 Å². The third-order valence-electron chi connectivity index (χ3n) is 5.45. The number of carbonyl (C=O) groups excluding carboxylic acids is 3. The molecule has 3 amide bonds. The number of fused-ring (bicyclic) bond motifs is 1. The molecule has 0 spiro atoms. The van der Waals surface area contributed by atoms with Crippen molar-refractivity contribution in [3.63, 3.8) is 0 Å². The van der Waals surface area contributed by atoms with E-state index in [2.05, 4.69) is 5.32 Å². The number of methoxy groups -OCH3 is 1. The molecule has 0 aromatic heterocycles. The van der Waals surface area contributed by atoms with Gasteiger partial charge >= 0.3 is 0 Å². The Morgan fingerprint density at radius 2 is 1.85 bits per heavy atom. The minimum Gasteiger partial charge on any atom is -0.495 e. The fourth-order valence-corrected chi connectivity index (χ4v) is 4.52. The molecule has 2 fully saturated rings. The molecule has 3 rings (SSSR count). The Hall–Kier alpha value is -2.02. The van der Waals surface area contributed by atoms with Crippen molar-refractivity contribution in [1.82, 2.24) is 4.90 Å². The van der Waals surface area contributed by atoms with Gasteiger partial charge in [-0.25, -0.2) is 0 Å². The highest BCUT2D eigenvalue weighted by Gasteiger charge is 2.51. The number of hydrogen-bond acceptors (Lipinski definition) is 5. The molecule has 0 unspecified atom stereocenters. The highest BCUT2D eigenvalue weighted by Crippen LogP contribution is 2.39. The molecule has 1 saturated carbocycles. The van der Waals surface area contributed by atoms with E-state index in [9.17, 15) is 14.4 Å². The van der Waals surface area contributed by atoms with Crippen molar-refractivity contribution >= 4 is 35.2 Å². The number of hydrogen-bond donors (Lipinski definition) is 1. The summed E-state index contributed by atoms with van der Waals surface area (Å²) in [5, 5.41) is 2.85. The summed E-state index contributed by atoms with van der Waals surface area (Å²) >= 11 is 1.59. The molecule has 3 atom stereocenters. The third-order valence-corrected chi connectivity index (χ3v) is 6.09. The molecule has 0 bridgehead atoms. The fourth-order valence-electron chi connectivity index (χ4n) is 4.07. The first kappa shape index (κ1) is 19.7. The van der Waals surface area contributed by atoms with E-state index in [0.717, 1.165) is 25.7 Å². The lowest BCUT2D eigenvalue weighted by Crippen LogP contribution is -2.48. The molecular weight excluding hydrogens is 364 g/mol. The van der Waals surface area contributed by atoms with Gasteiger partial charge in [0.2, 0.25) is 17.7 Å². The molecule has 1 aliphatic carbocycles. The Bertz CT molecular complexity index is 700. The second-order valence-electron chi connectivity index (χ2n) is 7.03. The lowest BCUT2D eigenvalue weighted by molar-refractivity contribution is -0.146. The molecule has 1 N–H and O–H groups in total. The predicted molar refractivity (Wildman–Crippen MR) is 106 cm³/mol. The lowest BCUT2D eigenvalue weighted by atomic mass is 9.81. The van der Waals surface area contributed by atoms with Crippen molar-refractivity contribution in [1.29, 1.82) is 0 Å². The number of anilines is 1. The van der Waals surface area contributed by atoms with Gasteiger partial charge in [0.05, 0.1) is 24.6 Å². The average molecular weight is 391 g/mol. The molecule has 1 saturated heterocycles. The highest BCUT2D eigenvalue weighted by molar-refractivity contribution is 7.98. The number of nitrogens with one attached hydrogen (secondary N) is 1. The summed E-state index contributed by atoms with van der Waals surface area (Å²) in [5.74, 6) is 0.0494. The summed E-state index contributed by atoms with van der Waals surface area (Å²) in [6.07, 6.45) is 5.82. The maximum atomic E-state index is 13.0. The van der Waals surface area contributed by atoms with Crippen LogP contribution in [0.3, 0.4) is 0 Å². The van der Waals surface area contributed by atoms with E-state index in [1.165, 1.54) is 12.0 Å². The summed E-state index contributed by atoms with van der Waals surface area (Å²) in [7, 11) is 1.54. The number of imide groups is 1. The van der Waals surface area contributed by atoms with Gasteiger partial charge < -0.3 is 10.1 Å². The van der Waals surface area contributed by atoms with Crippen LogP contribution in [0.5, 0.6) is 5.75 Å². The molecule has 0 radical (unpaired) electrons. The summed E-state index contributed by atoms with van der Waals surface area (Å²) in [5.41, 5.74) is 0.538. The first-order chi connectivity index (χ1) is 13.1. The average Bonchev–Trinajstić information content (AvgIpc) is 2.94. The number of amides is 3. The predicted octanol–water partition coefficient (Wildman–Crippen LogP) is 2.93. The molecule has 1 aliphatic heterocycles. The van der Waals surface area contributed by atoms with Crippen LogP contribution in [0.4, 0.5) is 5.69 Å². The lowest BCUT2D eigenvalue weighted by Gasteiger charge is -2.26. The highest BCUT2D eigenvalue weighted by atomic mass is 32.2. The van der Waals surface area contributed by atoms with Gasteiger partial charge in [0.15, 0.2) is 0 Å². The van der Waals surface area contributed by atoms with E-state index in [4.69, 9.17) is 4.74 Å². The van der Waals surface area contributed by atoms with Crippen molar-refractivity contribution in [3.8, 4) is 5.75 Å². The summed E-state index contributed by atoms with van der Waals surface area (Å²) < 4.78 is 5.29. The van der Waals surface area contributed by atoms with Crippen LogP contribution in [-0.2, 0) is 14.4 Å². The largest absolute Gasteiger partial charge is 0.495 e. The number of para-hydroxylation sites is 2. The van der Waals surface area contributed by atoms with Crippen LogP contribution >= 0.6 is 11.8 Å². The smallest absolute Gasteiger partial charge is 0.247 e. The first-order valence-corrected chi connectivity index (χ1v) is 10.8. The molecule has 2 aliphatic rings. The third kappa shape index (κ3) is 3.98. The number of benzene rings is 1. The van der Waals surface area contributed by atoms with Crippen LogP contribution in [-0.4, -0.2) is 47.8 Å². The zero-order valence-corrected chi connectivity index (χ0v) is 16.6. The van der Waals surface area contributed by atoms with Gasteiger partial charge in [0, 0.05) is 0 Å². The Kier molecular flexibility index (Phi) is 6.42. The van der Waals surface area contributed by atoms with Gasteiger partial charge in [-0.2, -0.15) is 11.8 Å². The van der Waals surface area contributed by atoms with E-state index < -0.39 is 6.04 Å². The zero-order chi connectivity index (χ0) is 19.4. The van der Waals surface area contributed by atoms with Crippen molar-refractivity contribution in [3.05, 3.63) is 24.3 Å². The summed E-state index contributed by atoms with van der Waals surface area (Å²) in [6, 6.07) is 6.34. The topological polar surface area (TPSA) is 75.7 Å². The van der Waals surface area contributed by atoms with Gasteiger partial charge in [0.25, 0.3) is 0 Å². The van der Waals surface area contributed by atoms with Crippen molar-refractivity contribution < 1.29 is 19.1 Å². The van der Waals surface area contributed by atoms with E-state index in [1.54, 1.807) is 30.0 Å². The molecule has 27 heavy (non-hydrogen) atoms. The van der Waals surface area contributed by atoms with Gasteiger partial charge in [-0.05, 0) is 43.4 Å². The zero-order valence-electron chi connectivity index (χ0n) is 15.8. The van der Waals surface area contributed by atoms with Crippen molar-refractivity contribution in [2.45, 2.75) is 38.1 Å². The van der Waals surface area contributed by atoms with Crippen LogP contribution < -0.4 is 10.1 Å². The van der Waals surface area contributed by atoms with Crippen LogP contribution in [0.2, 0.25) is 0 Å². The van der Waals surface area contributed by atoms with Crippen molar-refractivity contribution in [2.75, 3.05) is 24.4 Å². The standard InChI is InChI=1S/C20H26N2O4S/c1-26-17-10-6-5-9-15(17)21-18(23)16(11-12-27-2)22-19(24)13-7-3-4-8-14(13)20(22)25/h5-6,9-10,13-14,16H,3-4,7-8,11-12H2,1-2H3,(H,21,23)/t13-,14+,16-/m1/s1. The summed E-state index contributed by atoms with van der Waals surface area (Å²) in [4.78, 5) is 40.2. The molecule has 6 nitrogen and oxygen atoms in total. The van der Waals surface area contributed by atoms with E-state index in [-0.39, 0.29) is 29.6 Å². The Balaban J connectivity index is 1.83. The maximum Gasteiger partial charge on any atom is 0.247 e. The minimum atomic E-state index is -0.784. The maximum absolute atomic E-state index is 13.0. The number of nitrogens with zero attached hydrogens (tertiary/aromatic N) is 1.